The fraction of sp³-hybridized carbons (Fsp3) is 0.400. The normalized spacial score (nSPS) is 15.7. The number of hydrogen-bond donors (Lipinski definition) is 1. The molecule has 1 aliphatic carbocycles. The first-order valence-electron chi connectivity index (χ1n) is 6.60. The molecule has 1 atom stereocenters. The number of aliphatic hydroxyl groups excluding tert-OH is 1. The number of aryl methyl sites for hydroxylation is 3. The monoisotopic (exact) mass is 242 g/mol. The molecule has 1 N–H and O–H groups in total. The summed E-state index contributed by atoms with van der Waals surface area (Å²) in [5.41, 5.74) is 4.69. The molecule has 1 aromatic carbocycles. The van der Waals surface area contributed by atoms with Crippen molar-refractivity contribution in [3.63, 3.8) is 0 Å². The van der Waals surface area contributed by atoms with E-state index in [0.717, 1.165) is 24.1 Å². The molecule has 0 spiro atoms. The van der Waals surface area contributed by atoms with E-state index in [1.807, 2.05) is 23.9 Å². The Kier molecular flexibility index (Phi) is 2.92. The number of benzene rings is 1. The van der Waals surface area contributed by atoms with Crippen LogP contribution >= 0.6 is 0 Å². The van der Waals surface area contributed by atoms with Gasteiger partial charge >= 0.3 is 0 Å². The SMILES string of the molecule is CCn1cc(C(O)c2ccc3c(c2)CCC3)cn1. The maximum Gasteiger partial charge on any atom is 0.107 e. The van der Waals surface area contributed by atoms with Crippen LogP contribution in [-0.4, -0.2) is 14.9 Å². The van der Waals surface area contributed by atoms with Gasteiger partial charge in [-0.15, -0.1) is 0 Å². The van der Waals surface area contributed by atoms with Crippen molar-refractivity contribution in [3.05, 3.63) is 52.8 Å². The van der Waals surface area contributed by atoms with Crippen LogP contribution in [0.5, 0.6) is 0 Å². The molecule has 0 amide bonds. The molecule has 0 saturated carbocycles. The summed E-state index contributed by atoms with van der Waals surface area (Å²) >= 11 is 0. The molecule has 18 heavy (non-hydrogen) atoms. The van der Waals surface area contributed by atoms with E-state index in [4.69, 9.17) is 0 Å². The summed E-state index contributed by atoms with van der Waals surface area (Å²) in [7, 11) is 0. The van der Waals surface area contributed by atoms with E-state index in [9.17, 15) is 5.11 Å². The maximum atomic E-state index is 10.4. The lowest BCUT2D eigenvalue weighted by Gasteiger charge is -2.10. The van der Waals surface area contributed by atoms with Gasteiger partial charge in [-0.25, -0.2) is 0 Å². The summed E-state index contributed by atoms with van der Waals surface area (Å²) in [6.45, 7) is 2.87. The molecule has 94 valence electrons. The Hall–Kier alpha value is -1.61. The van der Waals surface area contributed by atoms with Crippen LogP contribution in [0, 0.1) is 0 Å². The Morgan fingerprint density at radius 1 is 1.28 bits per heavy atom. The first kappa shape index (κ1) is 11.5. The first-order valence-corrected chi connectivity index (χ1v) is 6.60. The Labute approximate surface area is 107 Å². The van der Waals surface area contributed by atoms with Crippen molar-refractivity contribution in [2.45, 2.75) is 38.8 Å². The quantitative estimate of drug-likeness (QED) is 0.898. The zero-order valence-corrected chi connectivity index (χ0v) is 10.6. The van der Waals surface area contributed by atoms with Crippen LogP contribution in [0.15, 0.2) is 30.6 Å². The molecule has 1 unspecified atom stereocenters. The van der Waals surface area contributed by atoms with Crippen LogP contribution in [0.3, 0.4) is 0 Å². The van der Waals surface area contributed by atoms with E-state index in [0.29, 0.717) is 0 Å². The van der Waals surface area contributed by atoms with Gasteiger partial charge in [0.1, 0.15) is 6.10 Å². The molecule has 0 fully saturated rings. The van der Waals surface area contributed by atoms with Gasteiger partial charge in [0.25, 0.3) is 0 Å². The minimum absolute atomic E-state index is 0.559. The molecule has 3 nitrogen and oxygen atoms in total. The second-order valence-electron chi connectivity index (χ2n) is 4.91. The highest BCUT2D eigenvalue weighted by Crippen LogP contribution is 2.28. The molecule has 3 rings (SSSR count). The van der Waals surface area contributed by atoms with Crippen molar-refractivity contribution in [2.24, 2.45) is 0 Å². The minimum Gasteiger partial charge on any atom is -0.384 e. The van der Waals surface area contributed by atoms with Crippen LogP contribution in [0.1, 0.15) is 41.7 Å². The first-order chi connectivity index (χ1) is 8.78. The van der Waals surface area contributed by atoms with Crippen molar-refractivity contribution in [3.8, 4) is 0 Å². The lowest BCUT2D eigenvalue weighted by Crippen LogP contribution is -2.00. The molecule has 0 aliphatic heterocycles. The third-order valence-corrected chi connectivity index (χ3v) is 3.73. The van der Waals surface area contributed by atoms with Crippen molar-refractivity contribution in [1.29, 1.82) is 0 Å². The molecule has 0 radical (unpaired) electrons. The fourth-order valence-electron chi connectivity index (χ4n) is 2.65. The largest absolute Gasteiger partial charge is 0.384 e. The number of nitrogens with zero attached hydrogens (tertiary/aromatic N) is 2. The Morgan fingerprint density at radius 3 is 2.89 bits per heavy atom. The summed E-state index contributed by atoms with van der Waals surface area (Å²) in [6.07, 6.45) is 6.67. The number of aromatic nitrogens is 2. The Balaban J connectivity index is 1.89. The lowest BCUT2D eigenvalue weighted by atomic mass is 10.00. The lowest BCUT2D eigenvalue weighted by molar-refractivity contribution is 0.220. The summed E-state index contributed by atoms with van der Waals surface area (Å²) in [5, 5.41) is 14.6. The number of aliphatic hydroxyl groups is 1. The van der Waals surface area contributed by atoms with Gasteiger partial charge < -0.3 is 5.11 Å². The van der Waals surface area contributed by atoms with Crippen LogP contribution in [0.25, 0.3) is 0 Å². The average Bonchev–Trinajstić information content (AvgIpc) is 3.05. The number of fused-ring (bicyclic) bond motifs is 1. The molecular weight excluding hydrogens is 224 g/mol. The Morgan fingerprint density at radius 2 is 2.11 bits per heavy atom. The predicted octanol–water partition coefficient (Wildman–Crippen LogP) is 2.47. The van der Waals surface area contributed by atoms with Gasteiger partial charge in [0.05, 0.1) is 6.20 Å². The van der Waals surface area contributed by atoms with Crippen molar-refractivity contribution in [2.75, 3.05) is 0 Å². The van der Waals surface area contributed by atoms with Gasteiger partial charge in [-0.3, -0.25) is 4.68 Å². The zero-order chi connectivity index (χ0) is 12.5. The van der Waals surface area contributed by atoms with Crippen LogP contribution < -0.4 is 0 Å². The fourth-order valence-corrected chi connectivity index (χ4v) is 2.65. The summed E-state index contributed by atoms with van der Waals surface area (Å²) < 4.78 is 1.84. The van der Waals surface area contributed by atoms with Crippen LogP contribution in [-0.2, 0) is 19.4 Å². The smallest absolute Gasteiger partial charge is 0.107 e. The molecule has 2 aromatic rings. The van der Waals surface area contributed by atoms with Gasteiger partial charge in [0, 0.05) is 18.3 Å². The van der Waals surface area contributed by atoms with Crippen LogP contribution in [0.2, 0.25) is 0 Å². The van der Waals surface area contributed by atoms with Gasteiger partial charge in [-0.05, 0) is 42.9 Å². The molecule has 0 saturated heterocycles. The molecule has 1 aromatic heterocycles. The standard InChI is InChI=1S/C15H18N2O/c1-2-17-10-14(9-16-17)15(18)13-7-6-11-4-3-5-12(11)8-13/h6-10,15,18H,2-5H2,1H3. The third-order valence-electron chi connectivity index (χ3n) is 3.73. The molecule has 1 heterocycles. The van der Waals surface area contributed by atoms with E-state index in [1.54, 1.807) is 6.20 Å². The van der Waals surface area contributed by atoms with Crippen LogP contribution in [0.4, 0.5) is 0 Å². The van der Waals surface area contributed by atoms with Gasteiger partial charge in [-0.1, -0.05) is 18.2 Å². The second-order valence-corrected chi connectivity index (χ2v) is 4.91. The average molecular weight is 242 g/mol. The highest BCUT2D eigenvalue weighted by Gasteiger charge is 2.16. The van der Waals surface area contributed by atoms with E-state index in [-0.39, 0.29) is 0 Å². The summed E-state index contributed by atoms with van der Waals surface area (Å²) in [4.78, 5) is 0. The molecule has 1 aliphatic rings. The van der Waals surface area contributed by atoms with E-state index in [1.165, 1.54) is 24.0 Å². The van der Waals surface area contributed by atoms with Crippen molar-refractivity contribution >= 4 is 0 Å². The highest BCUT2D eigenvalue weighted by atomic mass is 16.3. The number of rotatable bonds is 3. The van der Waals surface area contributed by atoms with Gasteiger partial charge in [0.2, 0.25) is 0 Å². The Bertz CT molecular complexity index is 559. The van der Waals surface area contributed by atoms with E-state index < -0.39 is 6.10 Å². The van der Waals surface area contributed by atoms with Gasteiger partial charge in [-0.2, -0.15) is 5.10 Å². The zero-order valence-electron chi connectivity index (χ0n) is 10.6. The molecule has 3 heteroatoms. The predicted molar refractivity (Wildman–Crippen MR) is 70.4 cm³/mol. The summed E-state index contributed by atoms with van der Waals surface area (Å²) in [6, 6.07) is 6.35. The molecule has 0 bridgehead atoms. The number of hydrogen-bond acceptors (Lipinski definition) is 2. The second kappa shape index (κ2) is 4.58. The summed E-state index contributed by atoms with van der Waals surface area (Å²) in [5.74, 6) is 0. The van der Waals surface area contributed by atoms with Crippen molar-refractivity contribution < 1.29 is 5.11 Å². The minimum atomic E-state index is -0.559. The van der Waals surface area contributed by atoms with Crippen molar-refractivity contribution in [1.82, 2.24) is 9.78 Å². The highest BCUT2D eigenvalue weighted by molar-refractivity contribution is 5.38. The van der Waals surface area contributed by atoms with E-state index >= 15 is 0 Å². The van der Waals surface area contributed by atoms with Gasteiger partial charge in [0.15, 0.2) is 0 Å². The third kappa shape index (κ3) is 1.95. The van der Waals surface area contributed by atoms with E-state index in [2.05, 4.69) is 17.2 Å². The molecular formula is C15H18N2O. The maximum absolute atomic E-state index is 10.4. The topological polar surface area (TPSA) is 38.0 Å².